The van der Waals surface area contributed by atoms with Crippen LogP contribution in [0.3, 0.4) is 0 Å². The zero-order valence-corrected chi connectivity index (χ0v) is 12.7. The van der Waals surface area contributed by atoms with Gasteiger partial charge in [0.1, 0.15) is 0 Å². The Labute approximate surface area is 119 Å². The Morgan fingerprint density at radius 2 is 1.94 bits per heavy atom. The molecule has 0 amide bonds. The van der Waals surface area contributed by atoms with Gasteiger partial charge in [-0.3, -0.25) is 4.79 Å². The predicted octanol–water partition coefficient (Wildman–Crippen LogP) is 3.66. The van der Waals surface area contributed by atoms with Crippen molar-refractivity contribution in [2.45, 2.75) is 19.3 Å². The van der Waals surface area contributed by atoms with Crippen LogP contribution in [0, 0.1) is 0 Å². The number of carbonyl (C=O) groups excluding carboxylic acids is 1. The van der Waals surface area contributed by atoms with Crippen molar-refractivity contribution in [3.8, 4) is 0 Å². The highest BCUT2D eigenvalue weighted by atomic mass is 35.5. The number of nitrogens with zero attached hydrogens (tertiary/aromatic N) is 1. The molecule has 0 aliphatic carbocycles. The molecule has 0 saturated carbocycles. The molecule has 0 heterocycles. The average molecular weight is 286 g/mol. The SMILES string of the molecule is CC(C(=O)SCCCN(C)C)c1ccc(Cl)cc1. The Hall–Kier alpha value is -0.510. The summed E-state index contributed by atoms with van der Waals surface area (Å²) in [5, 5.41) is 0.938. The van der Waals surface area contributed by atoms with E-state index < -0.39 is 0 Å². The molecule has 0 N–H and O–H groups in total. The molecule has 0 aromatic heterocycles. The van der Waals surface area contributed by atoms with Crippen molar-refractivity contribution in [3.63, 3.8) is 0 Å². The maximum atomic E-state index is 12.0. The minimum atomic E-state index is -0.0633. The van der Waals surface area contributed by atoms with Crippen molar-refractivity contribution in [1.29, 1.82) is 0 Å². The predicted molar refractivity (Wildman–Crippen MR) is 80.5 cm³/mol. The maximum absolute atomic E-state index is 12.0. The summed E-state index contributed by atoms with van der Waals surface area (Å²) in [7, 11) is 4.09. The van der Waals surface area contributed by atoms with Gasteiger partial charge in [0.05, 0.1) is 5.92 Å². The molecule has 0 spiro atoms. The first-order valence-electron chi connectivity index (χ1n) is 6.07. The van der Waals surface area contributed by atoms with Crippen LogP contribution in [0.2, 0.25) is 5.02 Å². The number of benzene rings is 1. The second kappa shape index (κ2) is 7.82. The molecule has 0 bridgehead atoms. The first-order valence-corrected chi connectivity index (χ1v) is 7.44. The van der Waals surface area contributed by atoms with E-state index in [1.807, 2.05) is 45.3 Å². The number of hydrogen-bond acceptors (Lipinski definition) is 3. The summed E-state index contributed by atoms with van der Waals surface area (Å²) in [5.41, 5.74) is 1.03. The Morgan fingerprint density at radius 3 is 2.50 bits per heavy atom. The Balaban J connectivity index is 2.39. The Bertz CT molecular complexity index is 378. The fourth-order valence-corrected chi connectivity index (χ4v) is 2.55. The summed E-state index contributed by atoms with van der Waals surface area (Å²) >= 11 is 7.26. The van der Waals surface area contributed by atoms with Crippen LogP contribution >= 0.6 is 23.4 Å². The molecule has 1 unspecified atom stereocenters. The lowest BCUT2D eigenvalue weighted by atomic mass is 10.0. The molecule has 18 heavy (non-hydrogen) atoms. The summed E-state index contributed by atoms with van der Waals surface area (Å²) in [6.45, 7) is 2.97. The minimum Gasteiger partial charge on any atom is -0.309 e. The lowest BCUT2D eigenvalue weighted by Crippen LogP contribution is -2.14. The summed E-state index contributed by atoms with van der Waals surface area (Å²) < 4.78 is 0. The van der Waals surface area contributed by atoms with E-state index in [1.54, 1.807) is 0 Å². The van der Waals surface area contributed by atoms with E-state index in [-0.39, 0.29) is 11.0 Å². The largest absolute Gasteiger partial charge is 0.309 e. The topological polar surface area (TPSA) is 20.3 Å². The van der Waals surface area contributed by atoms with Crippen molar-refractivity contribution >= 4 is 28.5 Å². The maximum Gasteiger partial charge on any atom is 0.196 e. The average Bonchev–Trinajstić information content (AvgIpc) is 2.34. The summed E-state index contributed by atoms with van der Waals surface area (Å²) in [6.07, 6.45) is 1.04. The monoisotopic (exact) mass is 285 g/mol. The summed E-state index contributed by atoms with van der Waals surface area (Å²) in [5.74, 6) is 0.821. The molecule has 0 radical (unpaired) electrons. The van der Waals surface area contributed by atoms with Crippen molar-refractivity contribution in [2.75, 3.05) is 26.4 Å². The van der Waals surface area contributed by atoms with Gasteiger partial charge in [-0.1, -0.05) is 42.4 Å². The van der Waals surface area contributed by atoms with Crippen LogP contribution in [-0.2, 0) is 4.79 Å². The lowest BCUT2D eigenvalue weighted by molar-refractivity contribution is -0.111. The zero-order chi connectivity index (χ0) is 13.5. The van der Waals surface area contributed by atoms with Gasteiger partial charge >= 0.3 is 0 Å². The van der Waals surface area contributed by atoms with Crippen LogP contribution in [0.5, 0.6) is 0 Å². The quantitative estimate of drug-likeness (QED) is 0.744. The van der Waals surface area contributed by atoms with Gasteiger partial charge in [-0.2, -0.15) is 0 Å². The van der Waals surface area contributed by atoms with E-state index in [1.165, 1.54) is 11.8 Å². The molecule has 0 aliphatic rings. The number of hydrogen-bond donors (Lipinski definition) is 0. The van der Waals surface area contributed by atoms with Crippen molar-refractivity contribution < 1.29 is 4.79 Å². The highest BCUT2D eigenvalue weighted by Crippen LogP contribution is 2.23. The standard InChI is InChI=1S/C14H20ClNOS/c1-11(12-5-7-13(15)8-6-12)14(17)18-10-4-9-16(2)3/h5-8,11H,4,9-10H2,1-3H3. The summed E-state index contributed by atoms with van der Waals surface area (Å²) in [4.78, 5) is 14.1. The van der Waals surface area contributed by atoms with E-state index >= 15 is 0 Å². The van der Waals surface area contributed by atoms with Crippen LogP contribution in [-0.4, -0.2) is 36.4 Å². The molecular weight excluding hydrogens is 266 g/mol. The number of carbonyl (C=O) groups is 1. The number of halogens is 1. The first-order chi connectivity index (χ1) is 8.50. The molecule has 1 aromatic rings. The number of thioether (sulfide) groups is 1. The van der Waals surface area contributed by atoms with E-state index in [0.29, 0.717) is 5.02 Å². The molecule has 1 rings (SSSR count). The highest BCUT2D eigenvalue weighted by Gasteiger charge is 2.15. The van der Waals surface area contributed by atoms with Crippen LogP contribution in [0.15, 0.2) is 24.3 Å². The van der Waals surface area contributed by atoms with Gasteiger partial charge in [-0.15, -0.1) is 0 Å². The van der Waals surface area contributed by atoms with Gasteiger partial charge in [0.2, 0.25) is 0 Å². The van der Waals surface area contributed by atoms with Gasteiger partial charge in [0, 0.05) is 10.8 Å². The molecule has 4 heteroatoms. The van der Waals surface area contributed by atoms with Crippen LogP contribution in [0.25, 0.3) is 0 Å². The molecule has 2 nitrogen and oxygen atoms in total. The molecule has 0 saturated heterocycles. The smallest absolute Gasteiger partial charge is 0.196 e. The fraction of sp³-hybridized carbons (Fsp3) is 0.500. The van der Waals surface area contributed by atoms with E-state index in [9.17, 15) is 4.79 Å². The van der Waals surface area contributed by atoms with Crippen LogP contribution in [0.4, 0.5) is 0 Å². The molecule has 1 atom stereocenters. The van der Waals surface area contributed by atoms with Crippen molar-refractivity contribution in [1.82, 2.24) is 4.90 Å². The van der Waals surface area contributed by atoms with Gasteiger partial charge in [0.15, 0.2) is 5.12 Å². The molecular formula is C14H20ClNOS. The van der Waals surface area contributed by atoms with Gasteiger partial charge in [-0.25, -0.2) is 0 Å². The third-order valence-electron chi connectivity index (χ3n) is 2.72. The van der Waals surface area contributed by atoms with E-state index in [0.717, 1.165) is 24.3 Å². The molecule has 0 aliphatic heterocycles. The minimum absolute atomic E-state index is 0.0633. The molecule has 100 valence electrons. The van der Waals surface area contributed by atoms with E-state index in [4.69, 9.17) is 11.6 Å². The fourth-order valence-electron chi connectivity index (χ4n) is 1.57. The van der Waals surface area contributed by atoms with Crippen molar-refractivity contribution in [3.05, 3.63) is 34.9 Å². The summed E-state index contributed by atoms with van der Waals surface area (Å²) in [6, 6.07) is 7.51. The zero-order valence-electron chi connectivity index (χ0n) is 11.1. The molecule has 1 aromatic carbocycles. The Morgan fingerprint density at radius 1 is 1.33 bits per heavy atom. The van der Waals surface area contributed by atoms with Gasteiger partial charge in [-0.05, 0) is 44.8 Å². The van der Waals surface area contributed by atoms with Crippen molar-refractivity contribution in [2.24, 2.45) is 0 Å². The highest BCUT2D eigenvalue weighted by molar-refractivity contribution is 8.13. The lowest BCUT2D eigenvalue weighted by Gasteiger charge is -2.11. The third-order valence-corrected chi connectivity index (χ3v) is 4.10. The third kappa shape index (κ3) is 5.42. The van der Waals surface area contributed by atoms with E-state index in [2.05, 4.69) is 4.90 Å². The van der Waals surface area contributed by atoms with Crippen LogP contribution in [0.1, 0.15) is 24.8 Å². The van der Waals surface area contributed by atoms with Gasteiger partial charge in [0.25, 0.3) is 0 Å². The second-order valence-electron chi connectivity index (χ2n) is 4.60. The van der Waals surface area contributed by atoms with Gasteiger partial charge < -0.3 is 4.90 Å². The molecule has 0 fully saturated rings. The normalized spacial score (nSPS) is 12.7. The van der Waals surface area contributed by atoms with Crippen LogP contribution < -0.4 is 0 Å². The number of rotatable bonds is 6. The first kappa shape index (κ1) is 15.5. The second-order valence-corrected chi connectivity index (χ2v) is 6.13. The Kier molecular flexibility index (Phi) is 6.76.